The summed E-state index contributed by atoms with van der Waals surface area (Å²) in [5.74, 6) is 0.387. The molecular weight excluding hydrogens is 304 g/mol. The van der Waals surface area contributed by atoms with Gasteiger partial charge < -0.3 is 0 Å². The van der Waals surface area contributed by atoms with Gasteiger partial charge in [0.2, 0.25) is 10.0 Å². The van der Waals surface area contributed by atoms with E-state index in [9.17, 15) is 18.5 Å². The Morgan fingerprint density at radius 1 is 1.23 bits per heavy atom. The Bertz CT molecular complexity index is 724. The molecule has 22 heavy (non-hydrogen) atoms. The molecule has 1 unspecified atom stereocenters. The first-order chi connectivity index (χ1) is 10.4. The lowest BCUT2D eigenvalue weighted by Crippen LogP contribution is -2.39. The molecule has 6 nitrogen and oxygen atoms in total. The van der Waals surface area contributed by atoms with E-state index >= 15 is 0 Å². The van der Waals surface area contributed by atoms with Gasteiger partial charge in [-0.05, 0) is 44.2 Å². The minimum absolute atomic E-state index is 0.0612. The second-order valence-corrected chi connectivity index (χ2v) is 7.78. The fourth-order valence-electron chi connectivity index (χ4n) is 3.52. The maximum Gasteiger partial charge on any atom is 0.269 e. The summed E-state index contributed by atoms with van der Waals surface area (Å²) in [6, 6.07) is 5.06. The third-order valence-electron chi connectivity index (χ3n) is 4.60. The largest absolute Gasteiger partial charge is 0.269 e. The second-order valence-electron chi connectivity index (χ2n) is 5.89. The molecule has 3 rings (SSSR count). The van der Waals surface area contributed by atoms with Gasteiger partial charge in [0.25, 0.3) is 5.69 Å². The van der Waals surface area contributed by atoms with Gasteiger partial charge in [0.1, 0.15) is 0 Å². The highest BCUT2D eigenvalue weighted by Crippen LogP contribution is 2.39. The summed E-state index contributed by atoms with van der Waals surface area (Å²) in [4.78, 5) is 10.3. The first kappa shape index (κ1) is 15.2. The Kier molecular flexibility index (Phi) is 3.78. The highest BCUT2D eigenvalue weighted by atomic mass is 32.2. The third-order valence-corrected chi connectivity index (χ3v) is 6.50. The van der Waals surface area contributed by atoms with Gasteiger partial charge in [-0.1, -0.05) is 11.6 Å². The van der Waals surface area contributed by atoms with Crippen molar-refractivity contribution in [3.63, 3.8) is 0 Å². The molecule has 0 N–H and O–H groups in total. The van der Waals surface area contributed by atoms with Crippen LogP contribution >= 0.6 is 0 Å². The third kappa shape index (κ3) is 2.44. The van der Waals surface area contributed by atoms with Gasteiger partial charge in [0, 0.05) is 24.7 Å². The molecule has 1 heterocycles. The van der Waals surface area contributed by atoms with Crippen LogP contribution in [0.2, 0.25) is 0 Å². The van der Waals surface area contributed by atoms with Crippen LogP contribution in [0.3, 0.4) is 0 Å². The van der Waals surface area contributed by atoms with Crippen molar-refractivity contribution < 1.29 is 13.3 Å². The normalized spacial score (nSPS) is 25.6. The van der Waals surface area contributed by atoms with Crippen molar-refractivity contribution in [2.24, 2.45) is 5.92 Å². The van der Waals surface area contributed by atoms with Crippen LogP contribution in [0.5, 0.6) is 0 Å². The molecule has 0 spiro atoms. The number of allylic oxidation sites excluding steroid dienone is 1. The molecule has 0 amide bonds. The minimum atomic E-state index is -3.61. The Hall–Kier alpha value is -1.73. The minimum Gasteiger partial charge on any atom is -0.258 e. The van der Waals surface area contributed by atoms with E-state index in [1.54, 1.807) is 4.31 Å². The van der Waals surface area contributed by atoms with Gasteiger partial charge in [0.15, 0.2) is 0 Å². The molecule has 118 valence electrons. The molecule has 1 aromatic carbocycles. The van der Waals surface area contributed by atoms with Crippen molar-refractivity contribution in [1.29, 1.82) is 0 Å². The lowest BCUT2D eigenvalue weighted by atomic mass is 9.86. The highest BCUT2D eigenvalue weighted by molar-refractivity contribution is 7.89. The average molecular weight is 322 g/mol. The number of nitro benzene ring substituents is 1. The molecule has 0 bridgehead atoms. The van der Waals surface area contributed by atoms with Crippen LogP contribution in [0.25, 0.3) is 0 Å². The molecule has 1 fully saturated rings. The number of hydrogen-bond donors (Lipinski definition) is 0. The standard InChI is InChI=1S/C15H18N2O4S/c1-11-3-2-4-12-9-10-16(15(11)12)22(20,21)14-7-5-13(6-8-14)17(18)19/h3,5-8,12,15H,2,4,9-10H2,1H3/t12-,15?/m0/s1. The number of nitro groups is 1. The Morgan fingerprint density at radius 2 is 1.91 bits per heavy atom. The van der Waals surface area contributed by atoms with E-state index in [0.29, 0.717) is 12.5 Å². The van der Waals surface area contributed by atoms with Crippen LogP contribution in [0.15, 0.2) is 40.8 Å². The summed E-state index contributed by atoms with van der Waals surface area (Å²) in [6.07, 6.45) is 5.03. The first-order valence-electron chi connectivity index (χ1n) is 7.34. The first-order valence-corrected chi connectivity index (χ1v) is 8.78. The summed E-state index contributed by atoms with van der Waals surface area (Å²) in [7, 11) is -3.61. The van der Waals surface area contributed by atoms with Crippen LogP contribution < -0.4 is 0 Å². The van der Waals surface area contributed by atoms with Crippen LogP contribution in [0, 0.1) is 16.0 Å². The van der Waals surface area contributed by atoms with Crippen molar-refractivity contribution in [3.8, 4) is 0 Å². The number of nitrogens with zero attached hydrogens (tertiary/aromatic N) is 2. The molecule has 7 heteroatoms. The molecule has 1 saturated heterocycles. The van der Waals surface area contributed by atoms with Crippen molar-refractivity contribution in [2.75, 3.05) is 6.54 Å². The maximum atomic E-state index is 12.8. The van der Waals surface area contributed by atoms with E-state index in [1.807, 2.05) is 6.92 Å². The fourth-order valence-corrected chi connectivity index (χ4v) is 5.25. The topological polar surface area (TPSA) is 80.5 Å². The van der Waals surface area contributed by atoms with Gasteiger partial charge in [-0.3, -0.25) is 10.1 Å². The van der Waals surface area contributed by atoms with E-state index in [1.165, 1.54) is 24.3 Å². The smallest absolute Gasteiger partial charge is 0.258 e. The SMILES string of the molecule is CC1=CCC[C@H]2CCN(S(=O)(=O)c3ccc([N+](=O)[O-])cc3)C12. The van der Waals surface area contributed by atoms with Gasteiger partial charge in [-0.15, -0.1) is 0 Å². The zero-order valence-corrected chi connectivity index (χ0v) is 13.1. The van der Waals surface area contributed by atoms with E-state index in [0.717, 1.165) is 24.8 Å². The van der Waals surface area contributed by atoms with E-state index in [4.69, 9.17) is 0 Å². The van der Waals surface area contributed by atoms with Crippen LogP contribution in [0.4, 0.5) is 5.69 Å². The van der Waals surface area contributed by atoms with Gasteiger partial charge in [-0.2, -0.15) is 4.31 Å². The Balaban J connectivity index is 1.94. The average Bonchev–Trinajstić information content (AvgIpc) is 2.93. The van der Waals surface area contributed by atoms with E-state index in [2.05, 4.69) is 6.08 Å². The molecular formula is C15H18N2O4S. The molecule has 1 aromatic rings. The fraction of sp³-hybridized carbons (Fsp3) is 0.467. The number of benzene rings is 1. The number of hydrogen-bond acceptors (Lipinski definition) is 4. The molecule has 2 aliphatic rings. The van der Waals surface area contributed by atoms with E-state index in [-0.39, 0.29) is 16.6 Å². The summed E-state index contributed by atoms with van der Waals surface area (Å²) in [6.45, 7) is 2.50. The molecule has 0 radical (unpaired) electrons. The van der Waals surface area contributed by atoms with Gasteiger partial charge >= 0.3 is 0 Å². The maximum absolute atomic E-state index is 12.8. The van der Waals surface area contributed by atoms with Crippen LogP contribution in [-0.2, 0) is 10.0 Å². The Morgan fingerprint density at radius 3 is 2.55 bits per heavy atom. The molecule has 2 atom stereocenters. The van der Waals surface area contributed by atoms with Crippen LogP contribution in [0.1, 0.15) is 26.2 Å². The van der Waals surface area contributed by atoms with E-state index < -0.39 is 14.9 Å². The molecule has 1 aliphatic heterocycles. The molecule has 1 aliphatic carbocycles. The second kappa shape index (κ2) is 5.48. The van der Waals surface area contributed by atoms with Crippen molar-refractivity contribution in [2.45, 2.75) is 37.1 Å². The summed E-state index contributed by atoms with van der Waals surface area (Å²) < 4.78 is 27.2. The quantitative estimate of drug-likeness (QED) is 0.487. The van der Waals surface area contributed by atoms with Crippen molar-refractivity contribution in [3.05, 3.63) is 46.0 Å². The summed E-state index contributed by atoms with van der Waals surface area (Å²) >= 11 is 0. The van der Waals surface area contributed by atoms with Gasteiger partial charge in [-0.25, -0.2) is 8.42 Å². The van der Waals surface area contributed by atoms with Crippen molar-refractivity contribution in [1.82, 2.24) is 4.31 Å². The number of rotatable bonds is 3. The van der Waals surface area contributed by atoms with Gasteiger partial charge in [0.05, 0.1) is 9.82 Å². The highest BCUT2D eigenvalue weighted by Gasteiger charge is 2.43. The monoisotopic (exact) mass is 322 g/mol. The number of non-ortho nitro benzene ring substituents is 1. The number of fused-ring (bicyclic) bond motifs is 1. The zero-order chi connectivity index (χ0) is 15.9. The summed E-state index contributed by atoms with van der Waals surface area (Å²) in [5.41, 5.74) is 1.01. The predicted octanol–water partition coefficient (Wildman–Crippen LogP) is 2.71. The predicted molar refractivity (Wildman–Crippen MR) is 81.9 cm³/mol. The Labute approximate surface area is 129 Å². The number of sulfonamides is 1. The summed E-state index contributed by atoms with van der Waals surface area (Å²) in [5, 5.41) is 10.7. The molecule has 0 aromatic heterocycles. The lowest BCUT2D eigenvalue weighted by Gasteiger charge is -2.31. The lowest BCUT2D eigenvalue weighted by molar-refractivity contribution is -0.384. The van der Waals surface area contributed by atoms with Crippen molar-refractivity contribution >= 4 is 15.7 Å². The van der Waals surface area contributed by atoms with Crippen LogP contribution in [-0.4, -0.2) is 30.2 Å². The zero-order valence-electron chi connectivity index (χ0n) is 12.3. The molecule has 0 saturated carbocycles.